The number of nitro groups is 1. The molecular formula is C24H20FN3O5. The summed E-state index contributed by atoms with van der Waals surface area (Å²) in [7, 11) is 0. The molecule has 0 radical (unpaired) electrons. The Kier molecular flexibility index (Phi) is 5.95. The van der Waals surface area contributed by atoms with Crippen molar-refractivity contribution in [3.05, 3.63) is 99.4 Å². The van der Waals surface area contributed by atoms with Crippen molar-refractivity contribution in [3.63, 3.8) is 0 Å². The van der Waals surface area contributed by atoms with Crippen LogP contribution in [0.3, 0.4) is 0 Å². The van der Waals surface area contributed by atoms with Crippen LogP contribution in [0.5, 0.6) is 11.5 Å². The number of nitrogens with one attached hydrogen (secondary N) is 2. The minimum Gasteiger partial charge on any atom is -0.500 e. The van der Waals surface area contributed by atoms with Crippen molar-refractivity contribution in [2.75, 3.05) is 6.61 Å². The Morgan fingerprint density at radius 2 is 1.79 bits per heavy atom. The van der Waals surface area contributed by atoms with Crippen molar-refractivity contribution >= 4 is 23.0 Å². The molecule has 0 saturated heterocycles. The van der Waals surface area contributed by atoms with Crippen LogP contribution in [0.25, 0.3) is 11.3 Å². The fraction of sp³-hybridized carbons (Fsp3) is 0.125. The fourth-order valence-electron chi connectivity index (χ4n) is 3.77. The Hall–Kier alpha value is -4.40. The third kappa shape index (κ3) is 4.33. The molecule has 168 valence electrons. The predicted molar refractivity (Wildman–Crippen MR) is 120 cm³/mol. The minimum absolute atomic E-state index is 0.0646. The summed E-state index contributed by atoms with van der Waals surface area (Å²) >= 11 is 0. The second-order valence-electron chi connectivity index (χ2n) is 7.27. The number of phenols is 1. The summed E-state index contributed by atoms with van der Waals surface area (Å²) in [6, 6.07) is 16.1. The summed E-state index contributed by atoms with van der Waals surface area (Å²) in [5.41, 5.74) is 2.15. The highest BCUT2D eigenvalue weighted by molar-refractivity contribution is 6.03. The van der Waals surface area contributed by atoms with E-state index in [4.69, 9.17) is 4.74 Å². The lowest BCUT2D eigenvalue weighted by molar-refractivity contribution is -0.386. The van der Waals surface area contributed by atoms with Gasteiger partial charge in [0.25, 0.3) is 0 Å². The summed E-state index contributed by atoms with van der Waals surface area (Å²) in [5, 5.41) is 27.5. The molecule has 4 rings (SSSR count). The molecule has 1 aliphatic rings. The maximum Gasteiger partial charge on any atom is 0.320 e. The van der Waals surface area contributed by atoms with E-state index in [0.717, 1.165) is 5.56 Å². The van der Waals surface area contributed by atoms with E-state index in [-0.39, 0.29) is 12.4 Å². The van der Waals surface area contributed by atoms with Gasteiger partial charge in [0.15, 0.2) is 5.75 Å². The van der Waals surface area contributed by atoms with Crippen molar-refractivity contribution < 1.29 is 24.0 Å². The second-order valence-corrected chi connectivity index (χ2v) is 7.27. The normalized spacial score (nSPS) is 15.6. The fourth-order valence-corrected chi connectivity index (χ4v) is 3.77. The highest BCUT2D eigenvalue weighted by Crippen LogP contribution is 2.43. The number of halogens is 1. The Balaban J connectivity index is 1.98. The molecule has 0 saturated carbocycles. The van der Waals surface area contributed by atoms with Crippen LogP contribution in [-0.2, 0) is 0 Å². The zero-order valence-corrected chi connectivity index (χ0v) is 17.5. The molecule has 1 aliphatic heterocycles. The molecule has 0 aliphatic carbocycles. The van der Waals surface area contributed by atoms with Gasteiger partial charge >= 0.3 is 11.7 Å². The lowest BCUT2D eigenvalue weighted by Crippen LogP contribution is -2.43. The highest BCUT2D eigenvalue weighted by atomic mass is 19.1. The molecule has 0 aromatic heterocycles. The third-order valence-corrected chi connectivity index (χ3v) is 5.20. The number of aromatic hydroxyl groups is 1. The quantitative estimate of drug-likeness (QED) is 0.371. The van der Waals surface area contributed by atoms with Crippen LogP contribution in [0.4, 0.5) is 14.9 Å². The second kappa shape index (κ2) is 8.99. The van der Waals surface area contributed by atoms with E-state index in [2.05, 4.69) is 10.6 Å². The summed E-state index contributed by atoms with van der Waals surface area (Å²) in [6.07, 6.45) is 0. The topological polar surface area (TPSA) is 114 Å². The standard InChI is InChI=1S/C24H20FN3O5/c1-2-33-19-13-16(12-18(23(19)29)28(31)32)22-20(14-6-4-3-5-7-14)21(26-24(30)27-22)15-8-10-17(25)11-9-15/h3-13,22,29H,2H2,1H3,(H2,26,27,30). The van der Waals surface area contributed by atoms with Gasteiger partial charge in [-0.25, -0.2) is 9.18 Å². The van der Waals surface area contributed by atoms with Gasteiger partial charge in [0.1, 0.15) is 5.82 Å². The molecular weight excluding hydrogens is 429 g/mol. The average molecular weight is 449 g/mol. The maximum absolute atomic E-state index is 13.6. The average Bonchev–Trinajstić information content (AvgIpc) is 2.81. The number of benzene rings is 3. The number of ether oxygens (including phenoxy) is 1. The number of rotatable bonds is 6. The molecule has 3 aromatic rings. The molecule has 0 spiro atoms. The van der Waals surface area contributed by atoms with Gasteiger partial charge in [0, 0.05) is 11.6 Å². The number of urea groups is 1. The number of hydrogen-bond acceptors (Lipinski definition) is 5. The van der Waals surface area contributed by atoms with E-state index in [1.165, 1.54) is 24.3 Å². The lowest BCUT2D eigenvalue weighted by Gasteiger charge is -2.31. The van der Waals surface area contributed by atoms with Crippen molar-refractivity contribution in [1.82, 2.24) is 10.6 Å². The van der Waals surface area contributed by atoms with E-state index in [9.17, 15) is 24.4 Å². The van der Waals surface area contributed by atoms with Crippen LogP contribution in [0.1, 0.15) is 29.7 Å². The molecule has 3 aromatic carbocycles. The molecule has 9 heteroatoms. The van der Waals surface area contributed by atoms with Crippen LogP contribution in [0.15, 0.2) is 66.7 Å². The smallest absolute Gasteiger partial charge is 0.320 e. The molecule has 1 unspecified atom stereocenters. The summed E-state index contributed by atoms with van der Waals surface area (Å²) in [4.78, 5) is 23.5. The van der Waals surface area contributed by atoms with Crippen LogP contribution in [0.2, 0.25) is 0 Å². The first kappa shape index (κ1) is 21.8. The van der Waals surface area contributed by atoms with Crippen molar-refractivity contribution in [2.24, 2.45) is 0 Å². The number of phenolic OH excluding ortho intramolecular Hbond substituents is 1. The third-order valence-electron chi connectivity index (χ3n) is 5.20. The number of carbonyl (C=O) groups excluding carboxylic acids is 1. The highest BCUT2D eigenvalue weighted by Gasteiger charge is 2.32. The Labute approximate surface area is 188 Å². The first-order chi connectivity index (χ1) is 15.9. The Morgan fingerprint density at radius 3 is 2.42 bits per heavy atom. The number of nitro benzene ring substituents is 1. The van der Waals surface area contributed by atoms with E-state index >= 15 is 0 Å². The minimum atomic E-state index is -0.820. The zero-order chi connectivity index (χ0) is 23.5. The van der Waals surface area contributed by atoms with Gasteiger partial charge in [-0.15, -0.1) is 0 Å². The van der Waals surface area contributed by atoms with E-state index < -0.39 is 34.3 Å². The molecule has 3 N–H and O–H groups in total. The van der Waals surface area contributed by atoms with Gasteiger partial charge in [-0.1, -0.05) is 30.3 Å². The number of carbonyl (C=O) groups is 1. The first-order valence-electron chi connectivity index (χ1n) is 10.2. The molecule has 1 heterocycles. The monoisotopic (exact) mass is 449 g/mol. The summed E-state index contributed by atoms with van der Waals surface area (Å²) < 4.78 is 19.0. The van der Waals surface area contributed by atoms with Crippen LogP contribution in [0, 0.1) is 15.9 Å². The van der Waals surface area contributed by atoms with Crippen LogP contribution in [-0.4, -0.2) is 22.7 Å². The van der Waals surface area contributed by atoms with Gasteiger partial charge in [0.05, 0.1) is 23.3 Å². The molecule has 1 atom stereocenters. The Morgan fingerprint density at radius 1 is 1.09 bits per heavy atom. The van der Waals surface area contributed by atoms with Gasteiger partial charge in [-0.2, -0.15) is 0 Å². The zero-order valence-electron chi connectivity index (χ0n) is 17.5. The number of amides is 2. The van der Waals surface area contributed by atoms with Gasteiger partial charge in [-0.3, -0.25) is 10.1 Å². The molecule has 0 fully saturated rings. The van der Waals surface area contributed by atoms with Crippen molar-refractivity contribution in [3.8, 4) is 11.5 Å². The van der Waals surface area contributed by atoms with Crippen molar-refractivity contribution in [2.45, 2.75) is 13.0 Å². The summed E-state index contributed by atoms with van der Waals surface area (Å²) in [5.74, 6) is -1.08. The summed E-state index contributed by atoms with van der Waals surface area (Å²) in [6.45, 7) is 1.86. The number of nitrogens with zero attached hydrogens (tertiary/aromatic N) is 1. The molecule has 0 bridgehead atoms. The first-order valence-corrected chi connectivity index (χ1v) is 10.2. The lowest BCUT2D eigenvalue weighted by atomic mass is 9.87. The van der Waals surface area contributed by atoms with E-state index in [1.54, 1.807) is 19.1 Å². The Bertz CT molecular complexity index is 1240. The van der Waals surface area contributed by atoms with Gasteiger partial charge in [-0.05, 0) is 53.9 Å². The van der Waals surface area contributed by atoms with Gasteiger partial charge < -0.3 is 20.5 Å². The SMILES string of the molecule is CCOc1cc(C2NC(=O)NC(c3ccc(F)cc3)=C2c2ccccc2)cc([N+](=O)[O-])c1O. The van der Waals surface area contributed by atoms with Crippen LogP contribution >= 0.6 is 0 Å². The molecule has 33 heavy (non-hydrogen) atoms. The molecule has 8 nitrogen and oxygen atoms in total. The van der Waals surface area contributed by atoms with Gasteiger partial charge in [0.2, 0.25) is 5.75 Å². The van der Waals surface area contributed by atoms with Crippen molar-refractivity contribution in [1.29, 1.82) is 0 Å². The number of hydrogen-bond donors (Lipinski definition) is 3. The van der Waals surface area contributed by atoms with Crippen LogP contribution < -0.4 is 15.4 Å². The maximum atomic E-state index is 13.6. The largest absolute Gasteiger partial charge is 0.500 e. The van der Waals surface area contributed by atoms with E-state index in [1.807, 2.05) is 30.3 Å². The molecule has 2 amide bonds. The predicted octanol–water partition coefficient (Wildman–Crippen LogP) is 4.76. The van der Waals surface area contributed by atoms with E-state index in [0.29, 0.717) is 22.4 Å².